The van der Waals surface area contributed by atoms with E-state index >= 15 is 0 Å². The summed E-state index contributed by atoms with van der Waals surface area (Å²) in [5.41, 5.74) is -0.0849. The standard InChI is InChI=1S/C22H44O6Si2/c1-9-11-12-13-14-15-18-25-20(23)16-17-21(24)26-19(3)27-22(10-2)30(7,8)28-29(4,5)6/h16-17,19,22H,9-15,18H2,1-8H3/b17-16+. The lowest BCUT2D eigenvalue weighted by molar-refractivity contribution is -0.174. The molecule has 0 saturated carbocycles. The number of hydrogen-bond donors (Lipinski definition) is 0. The molecule has 0 amide bonds. The van der Waals surface area contributed by atoms with Crippen LogP contribution in [0, 0.1) is 0 Å². The lowest BCUT2D eigenvalue weighted by atomic mass is 10.1. The van der Waals surface area contributed by atoms with Gasteiger partial charge in [-0.2, -0.15) is 0 Å². The zero-order valence-electron chi connectivity index (χ0n) is 20.4. The number of carbonyl (C=O) groups is 2. The van der Waals surface area contributed by atoms with Crippen molar-refractivity contribution in [3.8, 4) is 0 Å². The van der Waals surface area contributed by atoms with Crippen molar-refractivity contribution in [1.29, 1.82) is 0 Å². The van der Waals surface area contributed by atoms with E-state index < -0.39 is 34.9 Å². The van der Waals surface area contributed by atoms with E-state index in [0.29, 0.717) is 6.61 Å². The van der Waals surface area contributed by atoms with E-state index in [1.165, 1.54) is 19.3 Å². The highest BCUT2D eigenvalue weighted by atomic mass is 28.4. The Bertz CT molecular complexity index is 528. The molecule has 8 heteroatoms. The quantitative estimate of drug-likeness (QED) is 0.0963. The van der Waals surface area contributed by atoms with Gasteiger partial charge >= 0.3 is 11.9 Å². The summed E-state index contributed by atoms with van der Waals surface area (Å²) < 4.78 is 22.7. The van der Waals surface area contributed by atoms with Gasteiger partial charge in [0.05, 0.1) is 12.3 Å². The highest BCUT2D eigenvalue weighted by Crippen LogP contribution is 2.23. The SMILES string of the molecule is CCCCCCCCOC(=O)/C=C/C(=O)OC(C)OC(CC)[Si](C)(C)O[Si](C)(C)C. The molecule has 0 fully saturated rings. The van der Waals surface area contributed by atoms with Crippen molar-refractivity contribution >= 4 is 28.6 Å². The third-order valence-electron chi connectivity index (χ3n) is 4.45. The maximum absolute atomic E-state index is 12.0. The van der Waals surface area contributed by atoms with Gasteiger partial charge in [0.25, 0.3) is 0 Å². The Hall–Kier alpha value is -0.966. The molecule has 0 N–H and O–H groups in total. The molecular weight excluding hydrogens is 416 g/mol. The summed E-state index contributed by atoms with van der Waals surface area (Å²) in [6.45, 7) is 17.0. The van der Waals surface area contributed by atoms with Gasteiger partial charge < -0.3 is 18.3 Å². The summed E-state index contributed by atoms with van der Waals surface area (Å²) in [6, 6.07) is 0. The predicted molar refractivity (Wildman–Crippen MR) is 126 cm³/mol. The topological polar surface area (TPSA) is 71.1 Å². The molecule has 0 heterocycles. The number of carbonyl (C=O) groups excluding carboxylic acids is 2. The number of hydrogen-bond acceptors (Lipinski definition) is 6. The number of unbranched alkanes of at least 4 members (excludes halogenated alkanes) is 5. The maximum Gasteiger partial charge on any atom is 0.333 e. The second-order valence-electron chi connectivity index (χ2n) is 9.12. The molecule has 0 radical (unpaired) electrons. The van der Waals surface area contributed by atoms with Crippen LogP contribution in [0.5, 0.6) is 0 Å². The Labute approximate surface area is 185 Å². The average Bonchev–Trinajstić information content (AvgIpc) is 2.61. The van der Waals surface area contributed by atoms with Crippen molar-refractivity contribution in [2.45, 2.75) is 110 Å². The van der Waals surface area contributed by atoms with Gasteiger partial charge in [-0.15, -0.1) is 0 Å². The molecule has 6 nitrogen and oxygen atoms in total. The van der Waals surface area contributed by atoms with Crippen LogP contribution in [0.3, 0.4) is 0 Å². The van der Waals surface area contributed by atoms with E-state index in [2.05, 4.69) is 39.7 Å². The van der Waals surface area contributed by atoms with E-state index in [4.69, 9.17) is 18.3 Å². The first-order chi connectivity index (χ1) is 13.9. The molecule has 0 aliphatic rings. The van der Waals surface area contributed by atoms with Gasteiger partial charge in [-0.1, -0.05) is 46.0 Å². The summed E-state index contributed by atoms with van der Waals surface area (Å²) in [6.07, 6.45) is 8.99. The molecule has 0 aromatic carbocycles. The largest absolute Gasteiger partial charge is 0.463 e. The number of ether oxygens (including phenoxy) is 3. The van der Waals surface area contributed by atoms with Crippen LogP contribution in [0.4, 0.5) is 0 Å². The second kappa shape index (κ2) is 14.9. The minimum atomic E-state index is -2.09. The molecule has 0 aromatic rings. The molecule has 30 heavy (non-hydrogen) atoms. The van der Waals surface area contributed by atoms with Crippen molar-refractivity contribution in [3.63, 3.8) is 0 Å². The summed E-state index contributed by atoms with van der Waals surface area (Å²) in [5.74, 6) is -1.16. The minimum Gasteiger partial charge on any atom is -0.463 e. The van der Waals surface area contributed by atoms with Crippen LogP contribution in [0.1, 0.15) is 65.7 Å². The molecule has 0 aromatic heterocycles. The van der Waals surface area contributed by atoms with Crippen molar-refractivity contribution in [1.82, 2.24) is 0 Å². The van der Waals surface area contributed by atoms with E-state index in [1.54, 1.807) is 6.92 Å². The fourth-order valence-electron chi connectivity index (χ4n) is 3.31. The Morgan fingerprint density at radius 2 is 1.43 bits per heavy atom. The molecule has 0 saturated heterocycles. The van der Waals surface area contributed by atoms with Gasteiger partial charge in [0.15, 0.2) is 8.32 Å². The number of rotatable bonds is 16. The van der Waals surface area contributed by atoms with Crippen molar-refractivity contribution in [3.05, 3.63) is 12.2 Å². The molecule has 2 atom stereocenters. The van der Waals surface area contributed by atoms with E-state index in [1.807, 2.05) is 6.92 Å². The molecule has 0 spiro atoms. The normalized spacial score (nSPS) is 14.5. The van der Waals surface area contributed by atoms with E-state index in [9.17, 15) is 9.59 Å². The van der Waals surface area contributed by atoms with Crippen LogP contribution >= 0.6 is 0 Å². The molecular formula is C22H44O6Si2. The monoisotopic (exact) mass is 460 g/mol. The molecule has 176 valence electrons. The van der Waals surface area contributed by atoms with Crippen LogP contribution < -0.4 is 0 Å². The molecule has 2 unspecified atom stereocenters. The van der Waals surface area contributed by atoms with Crippen molar-refractivity contribution in [2.75, 3.05) is 6.61 Å². The summed E-state index contributed by atoms with van der Waals surface area (Å²) in [5, 5.41) is 0. The molecule has 0 aliphatic heterocycles. The summed E-state index contributed by atoms with van der Waals surface area (Å²) in [7, 11) is -3.78. The van der Waals surface area contributed by atoms with Gasteiger partial charge in [0, 0.05) is 12.2 Å². The Balaban J connectivity index is 4.31. The highest BCUT2D eigenvalue weighted by molar-refractivity contribution is 6.84. The summed E-state index contributed by atoms with van der Waals surface area (Å²) in [4.78, 5) is 23.7. The third kappa shape index (κ3) is 14.9. The van der Waals surface area contributed by atoms with Crippen LogP contribution in [0.15, 0.2) is 12.2 Å². The third-order valence-corrected chi connectivity index (χ3v) is 11.1. The van der Waals surface area contributed by atoms with Gasteiger partial charge in [-0.3, -0.25) is 0 Å². The van der Waals surface area contributed by atoms with Crippen LogP contribution in [-0.2, 0) is 27.9 Å². The number of esters is 2. The van der Waals surface area contributed by atoms with Gasteiger partial charge in [0.1, 0.15) is 0 Å². The average molecular weight is 461 g/mol. The van der Waals surface area contributed by atoms with Crippen molar-refractivity contribution < 1.29 is 27.9 Å². The van der Waals surface area contributed by atoms with Gasteiger partial charge in [-0.05, 0) is 52.5 Å². The lowest BCUT2D eigenvalue weighted by Gasteiger charge is -2.38. The van der Waals surface area contributed by atoms with Crippen LogP contribution in [0.25, 0.3) is 0 Å². The highest BCUT2D eigenvalue weighted by Gasteiger charge is 2.38. The van der Waals surface area contributed by atoms with Crippen molar-refractivity contribution in [2.24, 2.45) is 0 Å². The molecule has 0 aliphatic carbocycles. The Morgan fingerprint density at radius 1 is 0.867 bits per heavy atom. The maximum atomic E-state index is 12.0. The van der Waals surface area contributed by atoms with E-state index in [-0.39, 0.29) is 5.73 Å². The lowest BCUT2D eigenvalue weighted by Crippen LogP contribution is -2.53. The van der Waals surface area contributed by atoms with E-state index in [0.717, 1.165) is 37.8 Å². The molecule has 0 rings (SSSR count). The van der Waals surface area contributed by atoms with Gasteiger partial charge in [-0.25, -0.2) is 9.59 Å². The Morgan fingerprint density at radius 3 is 2.00 bits per heavy atom. The smallest absolute Gasteiger partial charge is 0.333 e. The first-order valence-electron chi connectivity index (χ1n) is 11.3. The zero-order valence-corrected chi connectivity index (χ0v) is 22.4. The first-order valence-corrected chi connectivity index (χ1v) is 17.7. The Kier molecular flexibility index (Phi) is 14.5. The fraction of sp³-hybridized carbons (Fsp3) is 0.818. The minimum absolute atomic E-state index is 0.0849. The zero-order chi connectivity index (χ0) is 23.2. The van der Waals surface area contributed by atoms with Crippen LogP contribution in [-0.4, -0.2) is 47.2 Å². The fourth-order valence-corrected chi connectivity index (χ4v) is 11.6. The second-order valence-corrected chi connectivity index (χ2v) is 18.0. The molecule has 0 bridgehead atoms. The van der Waals surface area contributed by atoms with Gasteiger partial charge in [0.2, 0.25) is 14.6 Å². The summed E-state index contributed by atoms with van der Waals surface area (Å²) >= 11 is 0. The first kappa shape index (κ1) is 29.0. The predicted octanol–water partition coefficient (Wildman–Crippen LogP) is 5.73. The van der Waals surface area contributed by atoms with Crippen LogP contribution in [0.2, 0.25) is 32.7 Å².